The number of nitrogens with zero attached hydrogens (tertiary/aromatic N) is 1. The van der Waals surface area contributed by atoms with Gasteiger partial charge in [-0.3, -0.25) is 9.59 Å². The van der Waals surface area contributed by atoms with Crippen LogP contribution in [0.15, 0.2) is 12.1 Å². The first-order valence-corrected chi connectivity index (χ1v) is 9.90. The Morgan fingerprint density at radius 1 is 1.31 bits per heavy atom. The van der Waals surface area contributed by atoms with Gasteiger partial charge in [-0.05, 0) is 39.7 Å². The van der Waals surface area contributed by atoms with Crippen molar-refractivity contribution in [3.8, 4) is 0 Å². The number of ether oxygens (including phenoxy) is 1. The Kier molecular flexibility index (Phi) is 7.35. The van der Waals surface area contributed by atoms with Crippen LogP contribution in [0.5, 0.6) is 0 Å². The number of hydrogen-bond donors (Lipinski definition) is 3. The Bertz CT molecular complexity index is 758. The molecule has 3 N–H and O–H groups in total. The number of aliphatic carboxylic acids is 1. The van der Waals surface area contributed by atoms with Crippen LogP contribution < -0.4 is 10.2 Å². The fourth-order valence-electron chi connectivity index (χ4n) is 3.21. The molecule has 0 aromatic heterocycles. The molecule has 0 unspecified atom stereocenters. The number of carboxylic acids is 1. The van der Waals surface area contributed by atoms with E-state index in [1.807, 2.05) is 4.90 Å². The second kappa shape index (κ2) is 9.17. The van der Waals surface area contributed by atoms with Gasteiger partial charge in [0.1, 0.15) is 11.4 Å². The molecule has 2 rings (SSSR count). The monoisotopic (exact) mass is 430 g/mol. The lowest BCUT2D eigenvalue weighted by atomic mass is 9.88. The molecule has 7 nitrogen and oxygen atoms in total. The molecular weight excluding hydrogens is 403 g/mol. The van der Waals surface area contributed by atoms with Crippen molar-refractivity contribution in [1.82, 2.24) is 0 Å². The summed E-state index contributed by atoms with van der Waals surface area (Å²) in [5.41, 5.74) is -1.15. The van der Waals surface area contributed by atoms with E-state index in [4.69, 9.17) is 21.4 Å². The SMILES string of the molecule is CC(C)(C)OC(=O)CC1(O)CCN(c2cc(F)c(NCCC(=O)O)cc2Cl)CC1. The lowest BCUT2D eigenvalue weighted by molar-refractivity contribution is -0.161. The molecule has 9 heteroatoms. The maximum atomic E-state index is 14.4. The molecule has 0 saturated carbocycles. The predicted octanol–water partition coefficient (Wildman–Crippen LogP) is 3.43. The van der Waals surface area contributed by atoms with Crippen LogP contribution in [-0.2, 0) is 14.3 Å². The van der Waals surface area contributed by atoms with E-state index in [-0.39, 0.29) is 25.1 Å². The van der Waals surface area contributed by atoms with Crippen LogP contribution in [0, 0.1) is 5.82 Å². The molecule has 0 aliphatic carbocycles. The zero-order chi connectivity index (χ0) is 21.8. The van der Waals surface area contributed by atoms with Crippen molar-refractivity contribution in [3.05, 3.63) is 23.0 Å². The number of anilines is 2. The van der Waals surface area contributed by atoms with Crippen LogP contribution in [0.2, 0.25) is 5.02 Å². The Morgan fingerprint density at radius 2 is 1.93 bits per heavy atom. The topological polar surface area (TPSA) is 99.1 Å². The molecule has 0 spiro atoms. The van der Waals surface area contributed by atoms with Crippen molar-refractivity contribution < 1.29 is 28.9 Å². The van der Waals surface area contributed by atoms with E-state index in [9.17, 15) is 19.1 Å². The summed E-state index contributed by atoms with van der Waals surface area (Å²) in [4.78, 5) is 24.5. The molecule has 0 amide bonds. The quantitative estimate of drug-likeness (QED) is 0.570. The van der Waals surface area contributed by atoms with Gasteiger partial charge in [-0.25, -0.2) is 4.39 Å². The number of nitrogens with one attached hydrogen (secondary N) is 1. The average molecular weight is 431 g/mol. The van der Waals surface area contributed by atoms with Crippen molar-refractivity contribution in [3.63, 3.8) is 0 Å². The molecule has 0 bridgehead atoms. The van der Waals surface area contributed by atoms with E-state index in [0.29, 0.717) is 36.6 Å². The number of halogens is 2. The number of esters is 1. The van der Waals surface area contributed by atoms with E-state index in [1.165, 1.54) is 12.1 Å². The summed E-state index contributed by atoms with van der Waals surface area (Å²) in [5, 5.41) is 22.4. The van der Waals surface area contributed by atoms with E-state index in [1.54, 1.807) is 20.8 Å². The summed E-state index contributed by atoms with van der Waals surface area (Å²) >= 11 is 6.30. The molecule has 29 heavy (non-hydrogen) atoms. The first-order chi connectivity index (χ1) is 13.4. The van der Waals surface area contributed by atoms with E-state index < -0.39 is 29.0 Å². The smallest absolute Gasteiger partial charge is 0.309 e. The number of benzene rings is 1. The van der Waals surface area contributed by atoms with Gasteiger partial charge < -0.3 is 25.2 Å². The molecule has 1 aliphatic heterocycles. The number of aliphatic hydroxyl groups is 1. The molecule has 0 atom stereocenters. The molecule has 1 aliphatic rings. The fraction of sp³-hybridized carbons (Fsp3) is 0.600. The fourth-order valence-corrected chi connectivity index (χ4v) is 3.49. The highest BCUT2D eigenvalue weighted by Gasteiger charge is 2.36. The summed E-state index contributed by atoms with van der Waals surface area (Å²) in [6.45, 7) is 6.22. The highest BCUT2D eigenvalue weighted by Crippen LogP contribution is 2.35. The van der Waals surface area contributed by atoms with Crippen LogP contribution >= 0.6 is 11.6 Å². The number of carbonyl (C=O) groups is 2. The van der Waals surface area contributed by atoms with Gasteiger partial charge in [0.05, 0.1) is 34.8 Å². The Morgan fingerprint density at radius 3 is 2.48 bits per heavy atom. The van der Waals surface area contributed by atoms with Gasteiger partial charge in [0.15, 0.2) is 0 Å². The number of hydrogen-bond acceptors (Lipinski definition) is 6. The minimum atomic E-state index is -1.16. The molecule has 162 valence electrons. The summed E-state index contributed by atoms with van der Waals surface area (Å²) in [5.74, 6) is -1.97. The standard InChI is InChI=1S/C20H28ClFN2O5/c1-19(2,3)29-18(27)12-20(28)5-8-24(9-6-20)16-11-14(22)15(10-13(16)21)23-7-4-17(25)26/h10-11,23,28H,4-9,12H2,1-3H3,(H,25,26). The minimum absolute atomic E-state index is 0.0866. The van der Waals surface area contributed by atoms with Crippen LogP contribution in [0.1, 0.15) is 46.5 Å². The predicted molar refractivity (Wildman–Crippen MR) is 109 cm³/mol. The number of carbonyl (C=O) groups excluding carboxylic acids is 1. The van der Waals surface area contributed by atoms with Crippen molar-refractivity contribution in [2.24, 2.45) is 0 Å². The third-order valence-corrected chi connectivity index (χ3v) is 4.92. The first kappa shape index (κ1) is 23.2. The van der Waals surface area contributed by atoms with Crippen molar-refractivity contribution in [2.75, 3.05) is 29.9 Å². The molecule has 1 heterocycles. The number of carboxylic acid groups (broad SMARTS) is 1. The van der Waals surface area contributed by atoms with Crippen molar-refractivity contribution >= 4 is 34.9 Å². The maximum absolute atomic E-state index is 14.4. The van der Waals surface area contributed by atoms with Crippen LogP contribution in [0.25, 0.3) is 0 Å². The zero-order valence-electron chi connectivity index (χ0n) is 16.9. The Hall–Kier alpha value is -2.06. The van der Waals surface area contributed by atoms with Crippen LogP contribution in [0.3, 0.4) is 0 Å². The summed E-state index contributed by atoms with van der Waals surface area (Å²) in [6, 6.07) is 2.72. The van der Waals surface area contributed by atoms with Gasteiger partial charge in [0, 0.05) is 25.7 Å². The van der Waals surface area contributed by atoms with E-state index >= 15 is 0 Å². The second-order valence-electron chi connectivity index (χ2n) is 8.33. The third-order valence-electron chi connectivity index (χ3n) is 4.62. The lowest BCUT2D eigenvalue weighted by Crippen LogP contribution is -2.46. The Balaban J connectivity index is 1.99. The highest BCUT2D eigenvalue weighted by molar-refractivity contribution is 6.33. The highest BCUT2D eigenvalue weighted by atomic mass is 35.5. The molecule has 1 fully saturated rings. The van der Waals surface area contributed by atoms with Gasteiger partial charge in [-0.2, -0.15) is 0 Å². The van der Waals surface area contributed by atoms with Gasteiger partial charge >= 0.3 is 11.9 Å². The van der Waals surface area contributed by atoms with Gasteiger partial charge in [0.2, 0.25) is 0 Å². The second-order valence-corrected chi connectivity index (χ2v) is 8.74. The molecule has 0 radical (unpaired) electrons. The number of rotatable bonds is 7. The van der Waals surface area contributed by atoms with E-state index in [2.05, 4.69) is 5.32 Å². The van der Waals surface area contributed by atoms with Crippen molar-refractivity contribution in [1.29, 1.82) is 0 Å². The minimum Gasteiger partial charge on any atom is -0.481 e. The molecular formula is C20H28ClFN2O5. The van der Waals surface area contributed by atoms with Crippen LogP contribution in [0.4, 0.5) is 15.8 Å². The zero-order valence-corrected chi connectivity index (χ0v) is 17.7. The molecule has 1 saturated heterocycles. The van der Waals surface area contributed by atoms with Gasteiger partial charge in [-0.1, -0.05) is 11.6 Å². The molecule has 1 aromatic carbocycles. The summed E-state index contributed by atoms with van der Waals surface area (Å²) in [7, 11) is 0. The normalized spacial score (nSPS) is 16.4. The van der Waals surface area contributed by atoms with Gasteiger partial charge in [-0.15, -0.1) is 0 Å². The first-order valence-electron chi connectivity index (χ1n) is 9.52. The summed E-state index contributed by atoms with van der Waals surface area (Å²) in [6.07, 6.45) is 0.416. The number of piperidine rings is 1. The Labute approximate surface area is 174 Å². The van der Waals surface area contributed by atoms with Crippen LogP contribution in [-0.4, -0.2) is 53.0 Å². The van der Waals surface area contributed by atoms with Crippen molar-refractivity contribution in [2.45, 2.75) is 57.7 Å². The maximum Gasteiger partial charge on any atom is 0.309 e. The molecule has 1 aromatic rings. The summed E-state index contributed by atoms with van der Waals surface area (Å²) < 4.78 is 19.7. The lowest BCUT2D eigenvalue weighted by Gasteiger charge is -2.39. The van der Waals surface area contributed by atoms with Gasteiger partial charge in [0.25, 0.3) is 0 Å². The third kappa shape index (κ3) is 7.04. The average Bonchev–Trinajstić information content (AvgIpc) is 2.56. The largest absolute Gasteiger partial charge is 0.481 e. The van der Waals surface area contributed by atoms with E-state index in [0.717, 1.165) is 0 Å².